The lowest BCUT2D eigenvalue weighted by Crippen LogP contribution is -2.16. The maximum atomic E-state index is 14.0. The molecule has 0 bridgehead atoms. The number of carbonyl (C=O) groups excluding carboxylic acids is 2. The summed E-state index contributed by atoms with van der Waals surface area (Å²) in [5.41, 5.74) is 3.08. The molecule has 7 nitrogen and oxygen atoms in total. The number of aromatic amines is 1. The number of Topliss-reactive ketones (excluding diaryl/α,β-unsaturated/α-hetero) is 2. The summed E-state index contributed by atoms with van der Waals surface area (Å²) in [6.45, 7) is 6.82. The number of nitrogens with one attached hydrogen (secondary N) is 1. The lowest BCUT2D eigenvalue weighted by atomic mass is 10.0. The van der Waals surface area contributed by atoms with Gasteiger partial charge in [0.1, 0.15) is 6.61 Å². The molecule has 9 heteroatoms. The van der Waals surface area contributed by atoms with Gasteiger partial charge in [0, 0.05) is 16.9 Å². The first-order valence-corrected chi connectivity index (χ1v) is 11.9. The van der Waals surface area contributed by atoms with Crippen molar-refractivity contribution in [2.24, 2.45) is 0 Å². The highest BCUT2D eigenvalue weighted by atomic mass is 32.2. The van der Waals surface area contributed by atoms with Crippen molar-refractivity contribution in [2.45, 2.75) is 44.7 Å². The average molecular weight is 493 g/mol. The summed E-state index contributed by atoms with van der Waals surface area (Å²) in [4.78, 5) is 28.3. The number of ether oxygens (including phenoxy) is 1. The van der Waals surface area contributed by atoms with Gasteiger partial charge in [-0.05, 0) is 57.5 Å². The highest BCUT2D eigenvalue weighted by molar-refractivity contribution is 8.00. The van der Waals surface area contributed by atoms with Gasteiger partial charge in [-0.2, -0.15) is 0 Å². The van der Waals surface area contributed by atoms with Gasteiger partial charge in [-0.3, -0.25) is 14.2 Å². The van der Waals surface area contributed by atoms with Gasteiger partial charge in [-0.25, -0.2) is 4.39 Å². The monoisotopic (exact) mass is 492 g/mol. The maximum Gasteiger partial charge on any atom is 0.196 e. The highest BCUT2D eigenvalue weighted by Gasteiger charge is 2.26. The second-order valence-corrected chi connectivity index (χ2v) is 9.40. The van der Waals surface area contributed by atoms with E-state index in [1.165, 1.54) is 24.8 Å². The Morgan fingerprint density at radius 1 is 1.09 bits per heavy atom. The van der Waals surface area contributed by atoms with E-state index in [1.807, 2.05) is 30.3 Å². The summed E-state index contributed by atoms with van der Waals surface area (Å²) >= 11 is 1.25. The quantitative estimate of drug-likeness (QED) is 0.245. The van der Waals surface area contributed by atoms with Crippen LogP contribution in [0, 0.1) is 19.7 Å². The van der Waals surface area contributed by atoms with Crippen LogP contribution in [0.4, 0.5) is 4.39 Å². The predicted molar refractivity (Wildman–Crippen MR) is 132 cm³/mol. The molecule has 2 aromatic carbocycles. The molecule has 0 radical (unpaired) electrons. The topological polar surface area (TPSA) is 89.9 Å². The summed E-state index contributed by atoms with van der Waals surface area (Å²) in [5, 5.41) is 8.55. The molecular formula is C26H25FN4O3S. The van der Waals surface area contributed by atoms with E-state index in [2.05, 4.69) is 15.2 Å². The molecule has 1 atom stereocenters. The van der Waals surface area contributed by atoms with Crippen molar-refractivity contribution < 1.29 is 18.7 Å². The van der Waals surface area contributed by atoms with E-state index < -0.39 is 11.1 Å². The lowest BCUT2D eigenvalue weighted by molar-refractivity contribution is 0.0988. The number of thioether (sulfide) groups is 1. The first kappa shape index (κ1) is 24.4. The zero-order valence-electron chi connectivity index (χ0n) is 19.8. The van der Waals surface area contributed by atoms with E-state index in [9.17, 15) is 14.0 Å². The third-order valence-corrected chi connectivity index (χ3v) is 6.64. The van der Waals surface area contributed by atoms with Crippen LogP contribution in [-0.2, 0) is 6.61 Å². The van der Waals surface area contributed by atoms with Gasteiger partial charge in [-0.15, -0.1) is 10.2 Å². The van der Waals surface area contributed by atoms with Gasteiger partial charge in [0.05, 0.1) is 10.9 Å². The second-order valence-electron chi connectivity index (χ2n) is 8.09. The van der Waals surface area contributed by atoms with Gasteiger partial charge >= 0.3 is 0 Å². The van der Waals surface area contributed by atoms with E-state index in [-0.39, 0.29) is 23.9 Å². The molecule has 4 aromatic rings. The van der Waals surface area contributed by atoms with Crippen molar-refractivity contribution in [3.05, 3.63) is 88.8 Å². The minimum absolute atomic E-state index is 0.0113. The Morgan fingerprint density at radius 2 is 1.77 bits per heavy atom. The number of carbonyl (C=O) groups is 2. The second kappa shape index (κ2) is 10.3. The average Bonchev–Trinajstić information content (AvgIpc) is 3.37. The summed E-state index contributed by atoms with van der Waals surface area (Å²) in [5.74, 6) is -0.110. The van der Waals surface area contributed by atoms with E-state index in [0.29, 0.717) is 33.5 Å². The maximum absolute atomic E-state index is 14.0. The number of nitrogens with zero attached hydrogens (tertiary/aromatic N) is 3. The van der Waals surface area contributed by atoms with Crippen LogP contribution in [-0.4, -0.2) is 36.6 Å². The van der Waals surface area contributed by atoms with Crippen molar-refractivity contribution in [1.82, 2.24) is 19.7 Å². The van der Waals surface area contributed by atoms with Crippen LogP contribution in [0.15, 0.2) is 59.8 Å². The minimum Gasteiger partial charge on any atom is -0.483 e. The zero-order valence-corrected chi connectivity index (χ0v) is 20.6. The van der Waals surface area contributed by atoms with Gasteiger partial charge in [0.25, 0.3) is 0 Å². The van der Waals surface area contributed by atoms with E-state index in [0.717, 1.165) is 5.69 Å². The van der Waals surface area contributed by atoms with Crippen LogP contribution in [0.2, 0.25) is 0 Å². The van der Waals surface area contributed by atoms with Crippen LogP contribution in [0.3, 0.4) is 0 Å². The number of rotatable bonds is 9. The van der Waals surface area contributed by atoms with E-state index in [1.54, 1.807) is 43.5 Å². The molecule has 2 aromatic heterocycles. The Labute approximate surface area is 206 Å². The molecule has 0 saturated carbocycles. The number of ketones is 2. The first-order chi connectivity index (χ1) is 16.8. The number of halogens is 1. The third-order valence-electron chi connectivity index (χ3n) is 5.60. The largest absolute Gasteiger partial charge is 0.483 e. The summed E-state index contributed by atoms with van der Waals surface area (Å²) in [6.07, 6.45) is 0. The number of benzene rings is 2. The number of aromatic nitrogens is 4. The number of H-pyrrole nitrogens is 1. The summed E-state index contributed by atoms with van der Waals surface area (Å²) < 4.78 is 21.5. The number of aryl methyl sites for hydroxylation is 1. The molecule has 2 heterocycles. The van der Waals surface area contributed by atoms with E-state index in [4.69, 9.17) is 4.74 Å². The fraction of sp³-hybridized carbons (Fsp3) is 0.231. The molecule has 180 valence electrons. The van der Waals surface area contributed by atoms with Crippen LogP contribution in [0.1, 0.15) is 51.8 Å². The van der Waals surface area contributed by atoms with Gasteiger partial charge < -0.3 is 9.72 Å². The van der Waals surface area contributed by atoms with Crippen LogP contribution in [0.5, 0.6) is 5.75 Å². The molecule has 0 aliphatic rings. The lowest BCUT2D eigenvalue weighted by Gasteiger charge is -2.13. The van der Waals surface area contributed by atoms with Crippen molar-refractivity contribution in [2.75, 3.05) is 0 Å². The fourth-order valence-corrected chi connectivity index (χ4v) is 4.90. The predicted octanol–water partition coefficient (Wildman–Crippen LogP) is 5.50. The molecule has 0 unspecified atom stereocenters. The molecular weight excluding hydrogens is 467 g/mol. The summed E-state index contributed by atoms with van der Waals surface area (Å²) in [6, 6.07) is 15.6. The molecule has 0 amide bonds. The SMILES string of the molecule is CC(=O)c1c(C)[nH]c(C(=O)[C@@H](C)Sc2nnc(COc3ccccc3F)n2-c2ccccc2)c1C. The Kier molecular flexibility index (Phi) is 7.16. The summed E-state index contributed by atoms with van der Waals surface area (Å²) in [7, 11) is 0. The molecule has 1 N–H and O–H groups in total. The Hall–Kier alpha value is -3.72. The van der Waals surface area contributed by atoms with Crippen molar-refractivity contribution >= 4 is 23.3 Å². The molecule has 0 saturated heterocycles. The van der Waals surface area contributed by atoms with Crippen molar-refractivity contribution in [1.29, 1.82) is 0 Å². The smallest absolute Gasteiger partial charge is 0.196 e. The molecule has 0 fully saturated rings. The molecule has 0 aliphatic heterocycles. The van der Waals surface area contributed by atoms with E-state index >= 15 is 0 Å². The number of hydrogen-bond donors (Lipinski definition) is 1. The zero-order chi connectivity index (χ0) is 25.1. The first-order valence-electron chi connectivity index (χ1n) is 11.1. The Balaban J connectivity index is 1.62. The van der Waals surface area contributed by atoms with Gasteiger partial charge in [0.15, 0.2) is 34.1 Å². The molecule has 4 rings (SSSR count). The van der Waals surface area contributed by atoms with Crippen LogP contribution < -0.4 is 4.74 Å². The normalized spacial score (nSPS) is 11.9. The molecule has 35 heavy (non-hydrogen) atoms. The standard InChI is InChI=1S/C26H25FN4O3S/c1-15-23(17(3)32)16(2)28-24(15)25(33)18(4)35-26-30-29-22(31(26)19-10-6-5-7-11-19)14-34-21-13-9-8-12-20(21)27/h5-13,18,28H,14H2,1-4H3/t18-/m1/s1. The third kappa shape index (κ3) is 5.05. The van der Waals surface area contributed by atoms with Gasteiger partial charge in [-0.1, -0.05) is 42.1 Å². The Bertz CT molecular complexity index is 1380. The van der Waals surface area contributed by atoms with Crippen LogP contribution >= 0.6 is 11.8 Å². The molecule has 0 aliphatic carbocycles. The minimum atomic E-state index is -0.515. The number of hydrogen-bond acceptors (Lipinski definition) is 6. The fourth-order valence-electron chi connectivity index (χ4n) is 3.95. The molecule has 0 spiro atoms. The van der Waals surface area contributed by atoms with Crippen molar-refractivity contribution in [3.63, 3.8) is 0 Å². The Morgan fingerprint density at radius 3 is 2.43 bits per heavy atom. The van der Waals surface area contributed by atoms with Gasteiger partial charge in [0.2, 0.25) is 0 Å². The number of para-hydroxylation sites is 2. The van der Waals surface area contributed by atoms with Crippen molar-refractivity contribution in [3.8, 4) is 11.4 Å². The van der Waals surface area contributed by atoms with Crippen LogP contribution in [0.25, 0.3) is 5.69 Å². The highest BCUT2D eigenvalue weighted by Crippen LogP contribution is 2.30.